The third-order valence-electron chi connectivity index (χ3n) is 2.76. The molecule has 1 fully saturated rings. The van der Waals surface area contributed by atoms with Crippen molar-refractivity contribution in [2.24, 2.45) is 0 Å². The number of aliphatic hydroxyl groups excluding tert-OH is 1. The molecular weight excluding hydrogens is 292 g/mol. The van der Waals surface area contributed by atoms with Crippen LogP contribution in [0.25, 0.3) is 0 Å². The zero-order chi connectivity index (χ0) is 14.5. The first kappa shape index (κ1) is 15.1. The summed E-state index contributed by atoms with van der Waals surface area (Å²) >= 11 is 1.12. The number of hydrogen-bond acceptors (Lipinski definition) is 6. The van der Waals surface area contributed by atoms with E-state index in [1.54, 1.807) is 4.68 Å². The molecule has 0 bridgehead atoms. The summed E-state index contributed by atoms with van der Waals surface area (Å²) in [6.45, 7) is -1.12. The van der Waals surface area contributed by atoms with Gasteiger partial charge in [-0.15, -0.1) is 5.10 Å². The molecule has 20 heavy (non-hydrogen) atoms. The van der Waals surface area contributed by atoms with Gasteiger partial charge in [0, 0.05) is 6.54 Å². The van der Waals surface area contributed by atoms with Crippen molar-refractivity contribution in [3.05, 3.63) is 0 Å². The van der Waals surface area contributed by atoms with Gasteiger partial charge in [0.1, 0.15) is 0 Å². The Labute approximate surface area is 118 Å². The first-order valence-electron chi connectivity index (χ1n) is 6.19. The monoisotopic (exact) mass is 307 g/mol. The number of aliphatic hydroxyl groups is 1. The van der Waals surface area contributed by atoms with E-state index in [2.05, 4.69) is 15.5 Å². The SMILES string of the molecule is O=C(CSc1nnnn1C1CC1)N(CCO)CC(F)F. The molecule has 0 aliphatic heterocycles. The Hall–Kier alpha value is -1.29. The molecule has 1 saturated carbocycles. The van der Waals surface area contributed by atoms with Crippen LogP contribution in [0.5, 0.6) is 0 Å². The standard InChI is InChI=1S/C10H15F2N5O2S/c11-8(12)5-16(3-4-18)9(19)6-20-10-13-14-15-17(10)7-1-2-7/h7-8,18H,1-6H2. The molecule has 0 radical (unpaired) electrons. The van der Waals surface area contributed by atoms with Crippen LogP contribution >= 0.6 is 11.8 Å². The summed E-state index contributed by atoms with van der Waals surface area (Å²) in [5.41, 5.74) is 0. The van der Waals surface area contributed by atoms with Crippen molar-refractivity contribution in [1.29, 1.82) is 0 Å². The number of carbonyl (C=O) groups excluding carboxylic acids is 1. The molecule has 0 atom stereocenters. The fourth-order valence-corrected chi connectivity index (χ4v) is 2.50. The molecule has 10 heteroatoms. The lowest BCUT2D eigenvalue weighted by atomic mass is 10.4. The second-order valence-corrected chi connectivity index (χ2v) is 5.32. The zero-order valence-electron chi connectivity index (χ0n) is 10.7. The maximum atomic E-state index is 12.3. The molecule has 2 rings (SSSR count). The fourth-order valence-electron chi connectivity index (χ4n) is 1.65. The van der Waals surface area contributed by atoms with Gasteiger partial charge in [0.05, 0.1) is 24.9 Å². The van der Waals surface area contributed by atoms with Crippen LogP contribution in [0.1, 0.15) is 18.9 Å². The Morgan fingerprint density at radius 2 is 2.30 bits per heavy atom. The largest absolute Gasteiger partial charge is 0.395 e. The molecule has 0 aromatic carbocycles. The number of nitrogens with zero attached hydrogens (tertiary/aromatic N) is 5. The summed E-state index contributed by atoms with van der Waals surface area (Å²) in [5, 5.41) is 20.5. The lowest BCUT2D eigenvalue weighted by molar-refractivity contribution is -0.130. The molecule has 1 aromatic rings. The summed E-state index contributed by atoms with van der Waals surface area (Å²) < 4.78 is 26.3. The van der Waals surface area contributed by atoms with Crippen LogP contribution in [0.3, 0.4) is 0 Å². The zero-order valence-corrected chi connectivity index (χ0v) is 11.5. The van der Waals surface area contributed by atoms with Crippen LogP contribution in [0.4, 0.5) is 8.78 Å². The predicted octanol–water partition coefficient (Wildman–Crippen LogP) is 0.186. The number of amides is 1. The van der Waals surface area contributed by atoms with E-state index in [1.165, 1.54) is 0 Å². The second kappa shape index (κ2) is 6.93. The smallest absolute Gasteiger partial charge is 0.255 e. The van der Waals surface area contributed by atoms with Gasteiger partial charge in [-0.2, -0.15) is 0 Å². The Bertz CT molecular complexity index is 455. The average Bonchev–Trinajstić information content (AvgIpc) is 3.14. The van der Waals surface area contributed by atoms with Crippen molar-refractivity contribution >= 4 is 17.7 Å². The van der Waals surface area contributed by atoms with E-state index in [0.717, 1.165) is 29.5 Å². The van der Waals surface area contributed by atoms with Crippen molar-refractivity contribution < 1.29 is 18.7 Å². The van der Waals surface area contributed by atoms with E-state index < -0.39 is 18.9 Å². The van der Waals surface area contributed by atoms with Crippen LogP contribution in [-0.4, -0.2) is 68.0 Å². The van der Waals surface area contributed by atoms with Crippen LogP contribution in [0, 0.1) is 0 Å². The van der Waals surface area contributed by atoms with Gasteiger partial charge in [0.15, 0.2) is 0 Å². The highest BCUT2D eigenvalue weighted by molar-refractivity contribution is 7.99. The third kappa shape index (κ3) is 4.10. The number of alkyl halides is 2. The minimum Gasteiger partial charge on any atom is -0.395 e. The van der Waals surface area contributed by atoms with Crippen LogP contribution in [0.15, 0.2) is 5.16 Å². The lowest BCUT2D eigenvalue weighted by Gasteiger charge is -2.20. The van der Waals surface area contributed by atoms with Gasteiger partial charge >= 0.3 is 0 Å². The number of halogens is 2. The number of aromatic nitrogens is 4. The highest BCUT2D eigenvalue weighted by Gasteiger charge is 2.28. The molecule has 1 amide bonds. The molecule has 1 aliphatic carbocycles. The number of thioether (sulfide) groups is 1. The molecule has 1 heterocycles. The van der Waals surface area contributed by atoms with Crippen molar-refractivity contribution in [2.75, 3.05) is 25.4 Å². The highest BCUT2D eigenvalue weighted by atomic mass is 32.2. The van der Waals surface area contributed by atoms with Gasteiger partial charge in [-0.3, -0.25) is 4.79 Å². The van der Waals surface area contributed by atoms with E-state index in [0.29, 0.717) is 5.16 Å². The molecule has 112 valence electrons. The number of tetrazole rings is 1. The topological polar surface area (TPSA) is 84.1 Å². The van der Waals surface area contributed by atoms with E-state index in [4.69, 9.17) is 5.11 Å². The lowest BCUT2D eigenvalue weighted by Crippen LogP contribution is -2.38. The Kier molecular flexibility index (Phi) is 5.24. The Morgan fingerprint density at radius 3 is 2.90 bits per heavy atom. The average molecular weight is 307 g/mol. The van der Waals surface area contributed by atoms with Crippen LogP contribution in [0.2, 0.25) is 0 Å². The summed E-state index contributed by atoms with van der Waals surface area (Å²) in [6, 6.07) is 0.289. The maximum Gasteiger partial charge on any atom is 0.255 e. The van der Waals surface area contributed by atoms with E-state index in [9.17, 15) is 13.6 Å². The van der Waals surface area contributed by atoms with Crippen molar-refractivity contribution in [3.8, 4) is 0 Å². The van der Waals surface area contributed by atoms with Gasteiger partial charge in [-0.05, 0) is 23.3 Å². The van der Waals surface area contributed by atoms with E-state index in [1.807, 2.05) is 0 Å². The first-order valence-corrected chi connectivity index (χ1v) is 7.17. The summed E-state index contributed by atoms with van der Waals surface area (Å²) in [6.07, 6.45) is -0.601. The van der Waals surface area contributed by atoms with Gasteiger partial charge in [-0.1, -0.05) is 11.8 Å². The van der Waals surface area contributed by atoms with Crippen LogP contribution < -0.4 is 0 Å². The van der Waals surface area contributed by atoms with Gasteiger partial charge in [0.25, 0.3) is 6.43 Å². The normalized spacial score (nSPS) is 14.8. The second-order valence-electron chi connectivity index (χ2n) is 4.38. The Morgan fingerprint density at radius 1 is 1.55 bits per heavy atom. The van der Waals surface area contributed by atoms with E-state index >= 15 is 0 Å². The summed E-state index contributed by atoms with van der Waals surface area (Å²) in [5.74, 6) is -0.491. The molecule has 1 N–H and O–H groups in total. The molecule has 1 aromatic heterocycles. The third-order valence-corrected chi connectivity index (χ3v) is 3.68. The van der Waals surface area contributed by atoms with Crippen LogP contribution in [-0.2, 0) is 4.79 Å². The maximum absolute atomic E-state index is 12.3. The minimum atomic E-state index is -2.62. The fraction of sp³-hybridized carbons (Fsp3) is 0.800. The summed E-state index contributed by atoms with van der Waals surface area (Å²) in [7, 11) is 0. The van der Waals surface area contributed by atoms with E-state index in [-0.39, 0.29) is 24.9 Å². The molecular formula is C10H15F2N5O2S. The molecule has 0 spiro atoms. The van der Waals surface area contributed by atoms with Gasteiger partial charge in [0.2, 0.25) is 11.1 Å². The molecule has 7 nitrogen and oxygen atoms in total. The number of rotatable bonds is 8. The summed E-state index contributed by atoms with van der Waals surface area (Å²) in [4.78, 5) is 12.8. The Balaban J connectivity index is 1.87. The molecule has 1 aliphatic rings. The van der Waals surface area contributed by atoms with Crippen molar-refractivity contribution in [1.82, 2.24) is 25.1 Å². The van der Waals surface area contributed by atoms with Gasteiger partial charge in [-0.25, -0.2) is 13.5 Å². The molecule has 0 unspecified atom stereocenters. The minimum absolute atomic E-state index is 0.0280. The number of carbonyl (C=O) groups is 1. The highest BCUT2D eigenvalue weighted by Crippen LogP contribution is 2.36. The first-order chi connectivity index (χ1) is 9.61. The van der Waals surface area contributed by atoms with Gasteiger partial charge < -0.3 is 10.0 Å². The van der Waals surface area contributed by atoms with Crippen molar-refractivity contribution in [2.45, 2.75) is 30.5 Å². The van der Waals surface area contributed by atoms with Crippen molar-refractivity contribution in [3.63, 3.8) is 0 Å². The number of hydrogen-bond donors (Lipinski definition) is 1. The predicted molar refractivity (Wildman–Crippen MR) is 66.5 cm³/mol. The quantitative estimate of drug-likeness (QED) is 0.690. The molecule has 0 saturated heterocycles.